The molecule has 0 aromatic heterocycles. The fraction of sp³-hybridized carbons (Fsp3) is 0.300. The van der Waals surface area contributed by atoms with Crippen LogP contribution < -0.4 is 5.32 Å². The van der Waals surface area contributed by atoms with E-state index in [0.29, 0.717) is 17.8 Å². The molecule has 2 rings (SSSR count). The summed E-state index contributed by atoms with van der Waals surface area (Å²) in [6, 6.07) is 15.7. The maximum Gasteiger partial charge on any atom is 0.328 e. The molecule has 0 aliphatic rings. The summed E-state index contributed by atoms with van der Waals surface area (Å²) in [5, 5.41) is 3.17. The first kappa shape index (κ1) is 18.1. The van der Waals surface area contributed by atoms with Crippen LogP contribution in [0.15, 0.2) is 48.5 Å². The second-order valence-corrected chi connectivity index (χ2v) is 6.43. The van der Waals surface area contributed by atoms with E-state index < -0.39 is 6.04 Å². The zero-order valence-electron chi connectivity index (χ0n) is 14.3. The molecule has 2 aromatic rings. The molecule has 1 N–H and O–H groups in total. The van der Waals surface area contributed by atoms with Crippen molar-refractivity contribution in [3.63, 3.8) is 0 Å². The number of carbonyl (C=O) groups excluding carboxylic acids is 1. The summed E-state index contributed by atoms with van der Waals surface area (Å²) < 4.78 is 4.92. The van der Waals surface area contributed by atoms with Crippen LogP contribution in [0, 0.1) is 13.8 Å². The van der Waals surface area contributed by atoms with Crippen LogP contribution in [0.4, 0.5) is 0 Å². The molecule has 0 saturated carbocycles. The summed E-state index contributed by atoms with van der Waals surface area (Å²) in [5.74, 6) is -0.304. The first-order chi connectivity index (χ1) is 11.5. The van der Waals surface area contributed by atoms with Gasteiger partial charge in [0.15, 0.2) is 0 Å². The van der Waals surface area contributed by atoms with Crippen molar-refractivity contribution in [3.8, 4) is 0 Å². The molecular formula is C20H23NO2S. The molecule has 0 amide bonds. The van der Waals surface area contributed by atoms with Crippen LogP contribution in [-0.4, -0.2) is 24.1 Å². The summed E-state index contributed by atoms with van der Waals surface area (Å²) in [6.07, 6.45) is 1.16. The number of carbonyl (C=O) groups is 1. The molecule has 126 valence electrons. The SMILES string of the molecule is COC(=O)[C@H](Cc1ccccc1)NC(=S)Cc1cc(C)ccc1C. The Morgan fingerprint density at radius 2 is 1.88 bits per heavy atom. The number of nitrogens with one attached hydrogen (secondary N) is 1. The van der Waals surface area contributed by atoms with Gasteiger partial charge in [0, 0.05) is 12.8 Å². The first-order valence-electron chi connectivity index (χ1n) is 7.97. The van der Waals surface area contributed by atoms with Crippen molar-refractivity contribution >= 4 is 23.2 Å². The average molecular weight is 341 g/mol. The number of methoxy groups -OCH3 is 1. The molecular weight excluding hydrogens is 318 g/mol. The van der Waals surface area contributed by atoms with Gasteiger partial charge in [-0.3, -0.25) is 0 Å². The van der Waals surface area contributed by atoms with Gasteiger partial charge in [-0.2, -0.15) is 0 Å². The highest BCUT2D eigenvalue weighted by Crippen LogP contribution is 2.12. The van der Waals surface area contributed by atoms with Crippen LogP contribution in [0.2, 0.25) is 0 Å². The van der Waals surface area contributed by atoms with Crippen molar-refractivity contribution in [2.24, 2.45) is 0 Å². The lowest BCUT2D eigenvalue weighted by atomic mass is 10.0. The van der Waals surface area contributed by atoms with E-state index in [1.54, 1.807) is 0 Å². The topological polar surface area (TPSA) is 38.3 Å². The Kier molecular flexibility index (Phi) is 6.50. The summed E-state index contributed by atoms with van der Waals surface area (Å²) in [5.41, 5.74) is 4.64. The number of rotatable bonds is 6. The van der Waals surface area contributed by atoms with Crippen molar-refractivity contribution < 1.29 is 9.53 Å². The Bertz CT molecular complexity index is 713. The minimum atomic E-state index is -0.477. The molecule has 3 nitrogen and oxygen atoms in total. The van der Waals surface area contributed by atoms with Gasteiger partial charge < -0.3 is 10.1 Å². The Hall–Kier alpha value is -2.20. The van der Waals surface area contributed by atoms with Gasteiger partial charge in [0.05, 0.1) is 12.1 Å². The van der Waals surface area contributed by atoms with Crippen LogP contribution in [0.5, 0.6) is 0 Å². The molecule has 0 heterocycles. The van der Waals surface area contributed by atoms with E-state index in [2.05, 4.69) is 37.4 Å². The Balaban J connectivity index is 2.07. The third-order valence-electron chi connectivity index (χ3n) is 3.96. The minimum Gasteiger partial charge on any atom is -0.467 e. The number of benzene rings is 2. The Morgan fingerprint density at radius 3 is 2.54 bits per heavy atom. The lowest BCUT2D eigenvalue weighted by Gasteiger charge is -2.19. The number of ether oxygens (including phenoxy) is 1. The third kappa shape index (κ3) is 5.17. The highest BCUT2D eigenvalue weighted by Gasteiger charge is 2.20. The number of esters is 1. The highest BCUT2D eigenvalue weighted by molar-refractivity contribution is 7.80. The maximum absolute atomic E-state index is 12.1. The van der Waals surface area contributed by atoms with E-state index in [0.717, 1.165) is 5.56 Å². The van der Waals surface area contributed by atoms with Crippen molar-refractivity contribution in [1.82, 2.24) is 5.32 Å². The molecule has 0 fully saturated rings. The zero-order chi connectivity index (χ0) is 17.5. The van der Waals surface area contributed by atoms with Crippen molar-refractivity contribution in [1.29, 1.82) is 0 Å². The molecule has 0 aliphatic heterocycles. The maximum atomic E-state index is 12.1. The van der Waals surface area contributed by atoms with Gasteiger partial charge in [0.25, 0.3) is 0 Å². The zero-order valence-corrected chi connectivity index (χ0v) is 15.2. The lowest BCUT2D eigenvalue weighted by Crippen LogP contribution is -2.43. The third-order valence-corrected chi connectivity index (χ3v) is 4.22. The van der Waals surface area contributed by atoms with Crippen molar-refractivity contribution in [2.45, 2.75) is 32.7 Å². The van der Waals surface area contributed by atoms with E-state index in [1.807, 2.05) is 30.3 Å². The first-order valence-corrected chi connectivity index (χ1v) is 8.37. The fourth-order valence-corrected chi connectivity index (χ4v) is 2.89. The summed E-state index contributed by atoms with van der Waals surface area (Å²) in [4.78, 5) is 12.7. The van der Waals surface area contributed by atoms with E-state index in [9.17, 15) is 4.79 Å². The highest BCUT2D eigenvalue weighted by atomic mass is 32.1. The largest absolute Gasteiger partial charge is 0.467 e. The Labute approximate surface area is 149 Å². The monoisotopic (exact) mass is 341 g/mol. The molecule has 0 spiro atoms. The van der Waals surface area contributed by atoms with Crippen LogP contribution >= 0.6 is 12.2 Å². The molecule has 24 heavy (non-hydrogen) atoms. The van der Waals surface area contributed by atoms with Crippen LogP contribution in [0.1, 0.15) is 22.3 Å². The van der Waals surface area contributed by atoms with Gasteiger partial charge in [-0.15, -0.1) is 0 Å². The number of hydrogen-bond acceptors (Lipinski definition) is 3. The number of thiocarbonyl (C=S) groups is 1. The number of aryl methyl sites for hydroxylation is 2. The van der Waals surface area contributed by atoms with Crippen molar-refractivity contribution in [3.05, 3.63) is 70.8 Å². The molecule has 4 heteroatoms. The molecule has 0 bridgehead atoms. The molecule has 0 radical (unpaired) electrons. The Morgan fingerprint density at radius 1 is 1.17 bits per heavy atom. The lowest BCUT2D eigenvalue weighted by molar-refractivity contribution is -0.142. The quantitative estimate of drug-likeness (QED) is 0.644. The van der Waals surface area contributed by atoms with Crippen LogP contribution in [0.25, 0.3) is 0 Å². The molecule has 0 unspecified atom stereocenters. The van der Waals surface area contributed by atoms with E-state index in [-0.39, 0.29) is 5.97 Å². The second-order valence-electron chi connectivity index (χ2n) is 5.94. The van der Waals surface area contributed by atoms with Gasteiger partial charge >= 0.3 is 5.97 Å². The standard InChI is InChI=1S/C20H23NO2S/c1-14-9-10-15(2)17(11-14)13-19(24)21-18(20(22)23-3)12-16-7-5-4-6-8-16/h4-11,18H,12-13H2,1-3H3,(H,21,24)/t18-/m0/s1. The minimum absolute atomic E-state index is 0.304. The predicted molar refractivity (Wildman–Crippen MR) is 101 cm³/mol. The van der Waals surface area contributed by atoms with E-state index >= 15 is 0 Å². The van der Waals surface area contributed by atoms with Crippen LogP contribution in [0.3, 0.4) is 0 Å². The van der Waals surface area contributed by atoms with E-state index in [1.165, 1.54) is 23.8 Å². The van der Waals surface area contributed by atoms with Gasteiger partial charge in [-0.25, -0.2) is 4.79 Å². The smallest absolute Gasteiger partial charge is 0.328 e. The van der Waals surface area contributed by atoms with Gasteiger partial charge in [0.1, 0.15) is 6.04 Å². The predicted octanol–water partition coefficient (Wildman–Crippen LogP) is 3.55. The van der Waals surface area contributed by atoms with E-state index in [4.69, 9.17) is 17.0 Å². The van der Waals surface area contributed by atoms with Crippen molar-refractivity contribution in [2.75, 3.05) is 7.11 Å². The molecule has 0 aliphatic carbocycles. The number of hydrogen-bond donors (Lipinski definition) is 1. The molecule has 2 aromatic carbocycles. The molecule has 1 atom stereocenters. The van der Waals surface area contributed by atoms with Gasteiger partial charge in [-0.05, 0) is 30.5 Å². The average Bonchev–Trinajstić information content (AvgIpc) is 2.57. The summed E-state index contributed by atoms with van der Waals surface area (Å²) in [7, 11) is 1.40. The molecule has 0 saturated heterocycles. The van der Waals surface area contributed by atoms with Gasteiger partial charge in [0.2, 0.25) is 0 Å². The fourth-order valence-electron chi connectivity index (χ4n) is 2.59. The van der Waals surface area contributed by atoms with Crippen LogP contribution in [-0.2, 0) is 22.4 Å². The second kappa shape index (κ2) is 8.60. The summed E-state index contributed by atoms with van der Waals surface area (Å²) >= 11 is 5.48. The normalized spacial score (nSPS) is 11.6. The summed E-state index contributed by atoms with van der Waals surface area (Å²) in [6.45, 7) is 4.13. The van der Waals surface area contributed by atoms with Gasteiger partial charge in [-0.1, -0.05) is 66.3 Å².